The molecule has 0 aromatic rings. The predicted molar refractivity (Wildman–Crippen MR) is 70.3 cm³/mol. The molecule has 1 nitrogen and oxygen atoms in total. The molecule has 1 rings (SSSR count). The molecule has 0 aromatic heterocycles. The predicted octanol–water partition coefficient (Wildman–Crippen LogP) is 4.09. The van der Waals surface area contributed by atoms with Crippen LogP contribution in [0.1, 0.15) is 53.4 Å². The lowest BCUT2D eigenvalue weighted by atomic mass is 9.73. The van der Waals surface area contributed by atoms with Gasteiger partial charge in [0, 0.05) is 0 Å². The number of aliphatic hydroxyl groups is 1. The largest absolute Gasteiger partial charge is 0.392 e. The van der Waals surface area contributed by atoms with Crippen LogP contribution in [0.25, 0.3) is 0 Å². The van der Waals surface area contributed by atoms with Crippen LogP contribution in [0, 0.1) is 11.3 Å². The van der Waals surface area contributed by atoms with Gasteiger partial charge in [0.1, 0.15) is 0 Å². The number of aliphatic hydroxyl groups excluding tert-OH is 1. The van der Waals surface area contributed by atoms with E-state index in [0.29, 0.717) is 5.41 Å². The standard InChI is InChI=1S/C15H26O/c1-12(11-16)5-6-13-7-9-14(10-8-13)15(2,3)4/h5,7,14,16H,6,8-11H2,1-4H3/b12-5+. The molecule has 0 fully saturated rings. The maximum atomic E-state index is 8.93. The molecule has 1 atom stereocenters. The van der Waals surface area contributed by atoms with E-state index in [1.54, 1.807) is 5.57 Å². The number of rotatable bonds is 3. The van der Waals surface area contributed by atoms with Gasteiger partial charge in [-0.2, -0.15) is 0 Å². The molecule has 92 valence electrons. The van der Waals surface area contributed by atoms with Crippen LogP contribution in [0.3, 0.4) is 0 Å². The summed E-state index contributed by atoms with van der Waals surface area (Å²) in [7, 11) is 0. The highest BCUT2D eigenvalue weighted by atomic mass is 16.3. The quantitative estimate of drug-likeness (QED) is 0.713. The molecule has 1 heteroatoms. The first-order chi connectivity index (χ1) is 7.43. The molecule has 0 saturated carbocycles. The maximum absolute atomic E-state index is 8.93. The molecular weight excluding hydrogens is 196 g/mol. The number of hydrogen-bond acceptors (Lipinski definition) is 1. The van der Waals surface area contributed by atoms with E-state index in [1.807, 2.05) is 6.92 Å². The Morgan fingerprint density at radius 2 is 2.19 bits per heavy atom. The van der Waals surface area contributed by atoms with Crippen molar-refractivity contribution in [2.24, 2.45) is 11.3 Å². The monoisotopic (exact) mass is 222 g/mol. The van der Waals surface area contributed by atoms with Gasteiger partial charge < -0.3 is 5.11 Å². The molecule has 1 unspecified atom stereocenters. The number of allylic oxidation sites excluding steroid dienone is 3. The number of hydrogen-bond donors (Lipinski definition) is 1. The fourth-order valence-corrected chi connectivity index (χ4v) is 2.23. The summed E-state index contributed by atoms with van der Waals surface area (Å²) in [5, 5.41) is 8.93. The van der Waals surface area contributed by atoms with Crippen LogP contribution in [0.5, 0.6) is 0 Å². The molecule has 1 aliphatic carbocycles. The lowest BCUT2D eigenvalue weighted by molar-refractivity contribution is 0.220. The highest BCUT2D eigenvalue weighted by Gasteiger charge is 2.25. The molecule has 0 heterocycles. The Balaban J connectivity index is 2.47. The third kappa shape index (κ3) is 4.13. The summed E-state index contributed by atoms with van der Waals surface area (Å²) in [5.41, 5.74) is 3.07. The Morgan fingerprint density at radius 3 is 2.62 bits per heavy atom. The van der Waals surface area contributed by atoms with Crippen molar-refractivity contribution in [3.05, 3.63) is 23.3 Å². The molecule has 0 bridgehead atoms. The van der Waals surface area contributed by atoms with Gasteiger partial charge in [-0.3, -0.25) is 0 Å². The minimum Gasteiger partial charge on any atom is -0.392 e. The van der Waals surface area contributed by atoms with E-state index < -0.39 is 0 Å². The minimum absolute atomic E-state index is 0.192. The molecule has 0 saturated heterocycles. The topological polar surface area (TPSA) is 20.2 Å². The van der Waals surface area contributed by atoms with Gasteiger partial charge in [0.05, 0.1) is 6.61 Å². The maximum Gasteiger partial charge on any atom is 0.0639 e. The summed E-state index contributed by atoms with van der Waals surface area (Å²) in [4.78, 5) is 0. The van der Waals surface area contributed by atoms with Crippen molar-refractivity contribution in [2.75, 3.05) is 6.61 Å². The average Bonchev–Trinajstić information content (AvgIpc) is 2.25. The molecule has 0 radical (unpaired) electrons. The zero-order chi connectivity index (χ0) is 12.2. The Labute approximate surface area is 100 Å². The summed E-state index contributed by atoms with van der Waals surface area (Å²) >= 11 is 0. The van der Waals surface area contributed by atoms with Crippen molar-refractivity contribution in [2.45, 2.75) is 53.4 Å². The molecule has 0 aliphatic heterocycles. The summed E-state index contributed by atoms with van der Waals surface area (Å²) in [5.74, 6) is 0.833. The Hall–Kier alpha value is -0.560. The van der Waals surface area contributed by atoms with Crippen molar-refractivity contribution >= 4 is 0 Å². The van der Waals surface area contributed by atoms with Crippen LogP contribution in [-0.4, -0.2) is 11.7 Å². The van der Waals surface area contributed by atoms with Crippen LogP contribution in [0.2, 0.25) is 0 Å². The van der Waals surface area contributed by atoms with E-state index in [2.05, 4.69) is 32.9 Å². The lowest BCUT2D eigenvalue weighted by Crippen LogP contribution is -2.22. The van der Waals surface area contributed by atoms with E-state index in [0.717, 1.165) is 17.9 Å². The second kappa shape index (κ2) is 5.67. The van der Waals surface area contributed by atoms with Gasteiger partial charge in [0.15, 0.2) is 0 Å². The molecule has 16 heavy (non-hydrogen) atoms. The highest BCUT2D eigenvalue weighted by molar-refractivity contribution is 5.14. The molecule has 0 amide bonds. The van der Waals surface area contributed by atoms with Crippen molar-refractivity contribution in [3.8, 4) is 0 Å². The van der Waals surface area contributed by atoms with E-state index in [4.69, 9.17) is 5.11 Å². The van der Waals surface area contributed by atoms with Gasteiger partial charge in [-0.15, -0.1) is 0 Å². The average molecular weight is 222 g/mol. The summed E-state index contributed by atoms with van der Waals surface area (Å²) in [6, 6.07) is 0. The normalized spacial score (nSPS) is 23.2. The SMILES string of the molecule is C/C(=C\CC1=CCC(C(C)(C)C)CC1)CO. The van der Waals surface area contributed by atoms with E-state index in [9.17, 15) is 0 Å². The zero-order valence-corrected chi connectivity index (χ0v) is 11.2. The molecule has 0 spiro atoms. The van der Waals surface area contributed by atoms with Crippen LogP contribution in [0.15, 0.2) is 23.3 Å². The smallest absolute Gasteiger partial charge is 0.0639 e. The zero-order valence-electron chi connectivity index (χ0n) is 11.2. The van der Waals surface area contributed by atoms with E-state index >= 15 is 0 Å². The van der Waals surface area contributed by atoms with Gasteiger partial charge in [0.25, 0.3) is 0 Å². The lowest BCUT2D eigenvalue weighted by Gasteiger charge is -2.33. The first kappa shape index (κ1) is 13.5. The van der Waals surface area contributed by atoms with Crippen molar-refractivity contribution < 1.29 is 5.11 Å². The van der Waals surface area contributed by atoms with Crippen LogP contribution >= 0.6 is 0 Å². The van der Waals surface area contributed by atoms with Crippen LogP contribution in [-0.2, 0) is 0 Å². The van der Waals surface area contributed by atoms with Crippen molar-refractivity contribution in [1.82, 2.24) is 0 Å². The van der Waals surface area contributed by atoms with Gasteiger partial charge in [0.2, 0.25) is 0 Å². The Kier molecular flexibility index (Phi) is 4.79. The van der Waals surface area contributed by atoms with Crippen molar-refractivity contribution in [3.63, 3.8) is 0 Å². The third-order valence-electron chi connectivity index (χ3n) is 3.69. The fraction of sp³-hybridized carbons (Fsp3) is 0.733. The molecule has 1 aliphatic rings. The second-order valence-corrected chi connectivity index (χ2v) is 6.11. The van der Waals surface area contributed by atoms with Gasteiger partial charge in [-0.1, -0.05) is 44.1 Å². The summed E-state index contributed by atoms with van der Waals surface area (Å²) < 4.78 is 0. The minimum atomic E-state index is 0.192. The Morgan fingerprint density at radius 1 is 1.50 bits per heavy atom. The molecule has 1 N–H and O–H groups in total. The van der Waals surface area contributed by atoms with E-state index in [1.165, 1.54) is 19.3 Å². The molecule has 0 aromatic carbocycles. The summed E-state index contributed by atoms with van der Waals surface area (Å²) in [6.45, 7) is 9.20. The third-order valence-corrected chi connectivity index (χ3v) is 3.69. The highest BCUT2D eigenvalue weighted by Crippen LogP contribution is 2.37. The van der Waals surface area contributed by atoms with Gasteiger partial charge in [-0.25, -0.2) is 0 Å². The van der Waals surface area contributed by atoms with E-state index in [-0.39, 0.29) is 6.61 Å². The van der Waals surface area contributed by atoms with Crippen LogP contribution in [0.4, 0.5) is 0 Å². The summed E-state index contributed by atoms with van der Waals surface area (Å²) in [6.07, 6.45) is 9.39. The first-order valence-corrected chi connectivity index (χ1v) is 6.38. The van der Waals surface area contributed by atoms with Gasteiger partial charge >= 0.3 is 0 Å². The first-order valence-electron chi connectivity index (χ1n) is 6.38. The van der Waals surface area contributed by atoms with Crippen molar-refractivity contribution in [1.29, 1.82) is 0 Å². The second-order valence-electron chi connectivity index (χ2n) is 6.11. The molecular formula is C15H26O. The fourth-order valence-electron chi connectivity index (χ4n) is 2.23. The Bertz CT molecular complexity index is 278. The van der Waals surface area contributed by atoms with Gasteiger partial charge in [-0.05, 0) is 43.9 Å². The van der Waals surface area contributed by atoms with Crippen LogP contribution < -0.4 is 0 Å².